The lowest BCUT2D eigenvalue weighted by molar-refractivity contribution is 0.0869. The maximum atomic E-state index is 12.5. The normalized spacial score (nSPS) is 23.5. The Morgan fingerprint density at radius 3 is 2.58 bits per heavy atom. The molecule has 2 rings (SSSR count). The highest BCUT2D eigenvalue weighted by Crippen LogP contribution is 2.36. The summed E-state index contributed by atoms with van der Waals surface area (Å²) >= 11 is 5.15. The summed E-state index contributed by atoms with van der Waals surface area (Å²) in [5.41, 5.74) is 0.953. The monoisotopic (exact) mass is 342 g/mol. The van der Waals surface area contributed by atoms with Crippen LogP contribution in [0.1, 0.15) is 67.1 Å². The first-order valence-electron chi connectivity index (χ1n) is 7.42. The average Bonchev–Trinajstić information content (AvgIpc) is 2.75. The second-order valence-electron chi connectivity index (χ2n) is 5.74. The van der Waals surface area contributed by atoms with Crippen molar-refractivity contribution in [3.63, 3.8) is 0 Å². The van der Waals surface area contributed by atoms with Crippen LogP contribution in [0.25, 0.3) is 0 Å². The molecular formula is C16H23BrOS. The zero-order valence-electron chi connectivity index (χ0n) is 11.9. The van der Waals surface area contributed by atoms with E-state index >= 15 is 0 Å². The van der Waals surface area contributed by atoms with Crippen LogP contribution in [0.3, 0.4) is 0 Å². The number of unbranched alkanes of at least 4 members (excludes halogenated alkanes) is 1. The highest BCUT2D eigenvalue weighted by Gasteiger charge is 2.28. The summed E-state index contributed by atoms with van der Waals surface area (Å²) in [6.07, 6.45) is 8.70. The molecule has 0 amide bonds. The molecule has 0 aliphatic heterocycles. The Bertz CT molecular complexity index is 430. The summed E-state index contributed by atoms with van der Waals surface area (Å²) in [4.78, 5) is 13.7. The van der Waals surface area contributed by atoms with Gasteiger partial charge in [-0.05, 0) is 60.5 Å². The van der Waals surface area contributed by atoms with Crippen LogP contribution in [0.5, 0.6) is 0 Å². The van der Waals surface area contributed by atoms with Crippen molar-refractivity contribution in [2.45, 2.75) is 58.8 Å². The van der Waals surface area contributed by atoms with Gasteiger partial charge in [0.25, 0.3) is 0 Å². The van der Waals surface area contributed by atoms with Gasteiger partial charge in [-0.25, -0.2) is 0 Å². The Balaban J connectivity index is 1.91. The molecule has 1 heterocycles. The second kappa shape index (κ2) is 7.03. The van der Waals surface area contributed by atoms with Gasteiger partial charge in [-0.3, -0.25) is 4.79 Å². The molecule has 1 nitrogen and oxygen atoms in total. The van der Waals surface area contributed by atoms with E-state index in [1.54, 1.807) is 11.3 Å². The molecule has 1 aromatic rings. The Hall–Kier alpha value is -0.150. The number of carbonyl (C=O) groups excluding carboxylic acids is 1. The maximum absolute atomic E-state index is 12.5. The molecular weight excluding hydrogens is 320 g/mol. The molecule has 0 aromatic carbocycles. The summed E-state index contributed by atoms with van der Waals surface area (Å²) < 4.78 is 1.07. The highest BCUT2D eigenvalue weighted by molar-refractivity contribution is 9.11. The Labute approximate surface area is 128 Å². The fourth-order valence-electron chi connectivity index (χ4n) is 3.12. The first-order chi connectivity index (χ1) is 9.11. The predicted molar refractivity (Wildman–Crippen MR) is 86.1 cm³/mol. The number of ketones is 1. The fourth-order valence-corrected chi connectivity index (χ4v) is 4.81. The van der Waals surface area contributed by atoms with Crippen molar-refractivity contribution in [2.75, 3.05) is 0 Å². The van der Waals surface area contributed by atoms with Crippen molar-refractivity contribution in [1.29, 1.82) is 0 Å². The summed E-state index contributed by atoms with van der Waals surface area (Å²) in [6.45, 7) is 4.31. The Morgan fingerprint density at radius 1 is 1.37 bits per heavy atom. The van der Waals surface area contributed by atoms with Crippen molar-refractivity contribution in [3.05, 3.63) is 20.3 Å². The Morgan fingerprint density at radius 2 is 2.05 bits per heavy atom. The van der Waals surface area contributed by atoms with Crippen molar-refractivity contribution < 1.29 is 4.79 Å². The smallest absolute Gasteiger partial charge is 0.167 e. The molecule has 19 heavy (non-hydrogen) atoms. The van der Waals surface area contributed by atoms with E-state index in [0.29, 0.717) is 5.78 Å². The van der Waals surface area contributed by atoms with Gasteiger partial charge in [0.15, 0.2) is 5.78 Å². The minimum absolute atomic E-state index is 0.276. The van der Waals surface area contributed by atoms with Gasteiger partial charge < -0.3 is 0 Å². The maximum Gasteiger partial charge on any atom is 0.167 e. The molecule has 0 atom stereocenters. The fraction of sp³-hybridized carbons (Fsp3) is 0.688. The average molecular weight is 343 g/mol. The molecule has 0 spiro atoms. The van der Waals surface area contributed by atoms with Gasteiger partial charge in [-0.1, -0.05) is 26.2 Å². The molecule has 1 saturated carbocycles. The van der Waals surface area contributed by atoms with E-state index in [4.69, 9.17) is 0 Å². The van der Waals surface area contributed by atoms with E-state index in [-0.39, 0.29) is 5.92 Å². The van der Waals surface area contributed by atoms with Crippen LogP contribution in [0.15, 0.2) is 9.85 Å². The van der Waals surface area contributed by atoms with Gasteiger partial charge in [0.1, 0.15) is 0 Å². The van der Waals surface area contributed by atoms with Crippen molar-refractivity contribution in [2.24, 2.45) is 11.8 Å². The molecule has 1 aromatic heterocycles. The van der Waals surface area contributed by atoms with Crippen molar-refractivity contribution in [1.82, 2.24) is 0 Å². The number of thiophene rings is 1. The predicted octanol–water partition coefficient (Wildman–Crippen LogP) is 6.00. The van der Waals surface area contributed by atoms with Crippen molar-refractivity contribution in [3.8, 4) is 0 Å². The molecule has 0 saturated heterocycles. The topological polar surface area (TPSA) is 17.1 Å². The number of carbonyl (C=O) groups is 1. The van der Waals surface area contributed by atoms with Crippen LogP contribution >= 0.6 is 27.3 Å². The minimum Gasteiger partial charge on any atom is -0.294 e. The largest absolute Gasteiger partial charge is 0.294 e. The SMILES string of the molecule is CCCCC1CCC(C(=O)c2cc(Br)sc2C)CC1. The third kappa shape index (κ3) is 3.91. The van der Waals surface area contributed by atoms with Gasteiger partial charge in [0.2, 0.25) is 0 Å². The van der Waals surface area contributed by atoms with Crippen LogP contribution in [-0.2, 0) is 0 Å². The molecule has 1 aliphatic rings. The standard InChI is InChI=1S/C16H23BrOS/c1-3-4-5-12-6-8-13(9-7-12)16(18)14-10-15(17)19-11(14)2/h10,12-13H,3-9H2,1-2H3. The van der Waals surface area contributed by atoms with Crippen LogP contribution < -0.4 is 0 Å². The molecule has 0 unspecified atom stereocenters. The third-order valence-electron chi connectivity index (χ3n) is 4.34. The number of hydrogen-bond acceptors (Lipinski definition) is 2. The zero-order valence-corrected chi connectivity index (χ0v) is 14.3. The highest BCUT2D eigenvalue weighted by atomic mass is 79.9. The number of halogens is 1. The molecule has 3 heteroatoms. The van der Waals surface area contributed by atoms with Gasteiger partial charge in [0.05, 0.1) is 3.79 Å². The minimum atomic E-state index is 0.276. The van der Waals surface area contributed by atoms with Gasteiger partial charge in [0, 0.05) is 16.4 Å². The van der Waals surface area contributed by atoms with E-state index in [1.165, 1.54) is 32.1 Å². The van der Waals surface area contributed by atoms with Crippen LogP contribution in [0.2, 0.25) is 0 Å². The van der Waals surface area contributed by atoms with Crippen LogP contribution in [-0.4, -0.2) is 5.78 Å². The van der Waals surface area contributed by atoms with E-state index in [2.05, 4.69) is 29.8 Å². The van der Waals surface area contributed by atoms with Gasteiger partial charge in [-0.2, -0.15) is 0 Å². The number of hydrogen-bond donors (Lipinski definition) is 0. The molecule has 0 bridgehead atoms. The third-order valence-corrected chi connectivity index (χ3v) is 5.89. The van der Waals surface area contributed by atoms with Crippen molar-refractivity contribution >= 4 is 33.0 Å². The first-order valence-corrected chi connectivity index (χ1v) is 9.03. The zero-order chi connectivity index (χ0) is 13.8. The molecule has 1 aliphatic carbocycles. The Kier molecular flexibility index (Phi) is 5.64. The van der Waals surface area contributed by atoms with E-state index in [1.807, 2.05) is 6.07 Å². The number of aryl methyl sites for hydroxylation is 1. The summed E-state index contributed by atoms with van der Waals surface area (Å²) in [7, 11) is 0. The summed E-state index contributed by atoms with van der Waals surface area (Å²) in [5, 5.41) is 0. The lowest BCUT2D eigenvalue weighted by Gasteiger charge is -2.27. The quantitative estimate of drug-likeness (QED) is 0.599. The van der Waals surface area contributed by atoms with E-state index in [9.17, 15) is 4.79 Å². The number of rotatable bonds is 5. The summed E-state index contributed by atoms with van der Waals surface area (Å²) in [5.74, 6) is 1.53. The molecule has 0 N–H and O–H groups in total. The van der Waals surface area contributed by atoms with E-state index < -0.39 is 0 Å². The molecule has 106 valence electrons. The summed E-state index contributed by atoms with van der Waals surface area (Å²) in [6, 6.07) is 2.01. The lowest BCUT2D eigenvalue weighted by atomic mass is 9.77. The van der Waals surface area contributed by atoms with Gasteiger partial charge in [-0.15, -0.1) is 11.3 Å². The van der Waals surface area contributed by atoms with Crippen LogP contribution in [0.4, 0.5) is 0 Å². The lowest BCUT2D eigenvalue weighted by Crippen LogP contribution is -2.22. The second-order valence-corrected chi connectivity index (χ2v) is 8.38. The molecule has 1 fully saturated rings. The van der Waals surface area contributed by atoms with E-state index in [0.717, 1.165) is 33.0 Å². The first kappa shape index (κ1) is 15.2. The van der Waals surface area contributed by atoms with Gasteiger partial charge >= 0.3 is 0 Å². The number of Topliss-reactive ketones (excluding diaryl/α,β-unsaturated/α-hetero) is 1. The molecule has 0 radical (unpaired) electrons. The van der Waals surface area contributed by atoms with Crippen LogP contribution in [0, 0.1) is 18.8 Å².